The average Bonchev–Trinajstić information content (AvgIpc) is 2.66. The summed E-state index contributed by atoms with van der Waals surface area (Å²) in [6.45, 7) is 1.93. The minimum atomic E-state index is -0.979. The third kappa shape index (κ3) is 5.74. The molecule has 6 heteroatoms. The molecule has 1 unspecified atom stereocenters. The van der Waals surface area contributed by atoms with E-state index in [1.807, 2.05) is 25.1 Å². The molecule has 0 aliphatic carbocycles. The largest absolute Gasteiger partial charge is 0.493 e. The number of carboxylic acid groups (broad SMARTS) is 1. The molecular formula is C21H25NO5. The molecule has 1 amide bonds. The van der Waals surface area contributed by atoms with Gasteiger partial charge in [-0.2, -0.15) is 0 Å². The molecule has 0 spiro atoms. The fourth-order valence-corrected chi connectivity index (χ4v) is 2.95. The quantitative estimate of drug-likeness (QED) is 0.708. The smallest absolute Gasteiger partial charge is 0.335 e. The van der Waals surface area contributed by atoms with Crippen LogP contribution in [0.2, 0.25) is 0 Å². The topological polar surface area (TPSA) is 84.9 Å². The monoisotopic (exact) mass is 371 g/mol. The lowest BCUT2D eigenvalue weighted by Crippen LogP contribution is -2.34. The van der Waals surface area contributed by atoms with E-state index in [0.29, 0.717) is 29.9 Å². The number of amides is 1. The van der Waals surface area contributed by atoms with Crippen molar-refractivity contribution in [3.05, 3.63) is 59.2 Å². The summed E-state index contributed by atoms with van der Waals surface area (Å²) in [5.41, 5.74) is 1.92. The molecule has 2 N–H and O–H groups in total. The lowest BCUT2D eigenvalue weighted by atomic mass is 10.0. The van der Waals surface area contributed by atoms with Gasteiger partial charge < -0.3 is 19.9 Å². The van der Waals surface area contributed by atoms with Crippen molar-refractivity contribution in [2.75, 3.05) is 14.2 Å². The van der Waals surface area contributed by atoms with Crippen molar-refractivity contribution >= 4 is 11.9 Å². The number of ether oxygens (including phenoxy) is 2. The lowest BCUT2D eigenvalue weighted by molar-refractivity contribution is -0.121. The van der Waals surface area contributed by atoms with Crippen molar-refractivity contribution in [2.24, 2.45) is 0 Å². The van der Waals surface area contributed by atoms with Gasteiger partial charge >= 0.3 is 5.97 Å². The Morgan fingerprint density at radius 3 is 2.44 bits per heavy atom. The van der Waals surface area contributed by atoms with E-state index in [1.165, 1.54) is 0 Å². The highest BCUT2D eigenvalue weighted by Crippen LogP contribution is 2.28. The zero-order valence-electron chi connectivity index (χ0n) is 15.8. The van der Waals surface area contributed by atoms with Crippen molar-refractivity contribution in [3.63, 3.8) is 0 Å². The van der Waals surface area contributed by atoms with Gasteiger partial charge in [-0.25, -0.2) is 4.79 Å². The Labute approximate surface area is 159 Å². The summed E-state index contributed by atoms with van der Waals surface area (Å²) in [6, 6.07) is 12.4. The van der Waals surface area contributed by atoms with Gasteiger partial charge in [0.15, 0.2) is 11.5 Å². The van der Waals surface area contributed by atoms with Crippen molar-refractivity contribution in [3.8, 4) is 11.5 Å². The van der Waals surface area contributed by atoms with E-state index >= 15 is 0 Å². The first-order valence-corrected chi connectivity index (χ1v) is 8.76. The molecule has 0 heterocycles. The van der Waals surface area contributed by atoms with Gasteiger partial charge in [-0.05, 0) is 49.1 Å². The fourth-order valence-electron chi connectivity index (χ4n) is 2.95. The predicted octanol–water partition coefficient (Wildman–Crippen LogP) is 3.08. The highest BCUT2D eigenvalue weighted by Gasteiger charge is 2.13. The molecule has 0 saturated heterocycles. The highest BCUT2D eigenvalue weighted by atomic mass is 16.5. The first-order valence-electron chi connectivity index (χ1n) is 8.76. The maximum absolute atomic E-state index is 12.2. The number of methoxy groups -OCH3 is 2. The molecule has 0 aromatic heterocycles. The zero-order chi connectivity index (χ0) is 19.8. The maximum Gasteiger partial charge on any atom is 0.335 e. The number of rotatable bonds is 9. The summed E-state index contributed by atoms with van der Waals surface area (Å²) in [5.74, 6) is 0.227. The van der Waals surface area contributed by atoms with E-state index in [9.17, 15) is 14.7 Å². The number of carbonyl (C=O) groups excluding carboxylic acids is 1. The van der Waals surface area contributed by atoms with Gasteiger partial charge in [0.2, 0.25) is 5.91 Å². The molecule has 6 nitrogen and oxygen atoms in total. The van der Waals surface area contributed by atoms with Gasteiger partial charge in [0.25, 0.3) is 0 Å². The molecule has 0 fully saturated rings. The Hall–Kier alpha value is -3.02. The van der Waals surface area contributed by atoms with Crippen molar-refractivity contribution in [1.29, 1.82) is 0 Å². The summed E-state index contributed by atoms with van der Waals surface area (Å²) >= 11 is 0. The maximum atomic E-state index is 12.2. The third-order valence-electron chi connectivity index (χ3n) is 4.27. The van der Waals surface area contributed by atoms with Crippen LogP contribution < -0.4 is 14.8 Å². The molecule has 0 bridgehead atoms. The van der Waals surface area contributed by atoms with Gasteiger partial charge in [-0.3, -0.25) is 4.79 Å². The highest BCUT2D eigenvalue weighted by molar-refractivity contribution is 5.89. The van der Waals surface area contributed by atoms with Crippen LogP contribution >= 0.6 is 0 Å². The van der Waals surface area contributed by atoms with Crippen LogP contribution in [-0.4, -0.2) is 37.2 Å². The molecule has 0 saturated carbocycles. The molecule has 0 aliphatic rings. The van der Waals surface area contributed by atoms with E-state index in [1.54, 1.807) is 38.5 Å². The Kier molecular flexibility index (Phi) is 7.23. The minimum absolute atomic E-state index is 0.0645. The molecule has 2 rings (SSSR count). The predicted molar refractivity (Wildman–Crippen MR) is 103 cm³/mol. The second kappa shape index (κ2) is 9.62. The van der Waals surface area contributed by atoms with Crippen LogP contribution in [0.25, 0.3) is 0 Å². The third-order valence-corrected chi connectivity index (χ3v) is 4.27. The molecule has 0 aliphatic heterocycles. The summed E-state index contributed by atoms with van der Waals surface area (Å²) in [4.78, 5) is 23.4. The standard InChI is InChI=1S/C21H25NO5/c1-14(12-15-8-10-18(26-2)19(13-15)27-3)22-20(23)11-9-16-6-4-5-7-17(16)21(24)25/h4-8,10,13-14H,9,11-12H2,1-3H3,(H,22,23)(H,24,25). The number of carboxylic acids is 1. The minimum Gasteiger partial charge on any atom is -0.493 e. The Morgan fingerprint density at radius 2 is 1.78 bits per heavy atom. The summed E-state index contributed by atoms with van der Waals surface area (Å²) in [7, 11) is 3.17. The first kappa shape index (κ1) is 20.3. The van der Waals surface area contributed by atoms with Crippen LogP contribution in [0.5, 0.6) is 11.5 Å². The summed E-state index contributed by atoms with van der Waals surface area (Å²) in [6.07, 6.45) is 1.27. The van der Waals surface area contributed by atoms with E-state index < -0.39 is 5.97 Å². The molecule has 1 atom stereocenters. The second-order valence-corrected chi connectivity index (χ2v) is 6.32. The summed E-state index contributed by atoms with van der Waals surface area (Å²) in [5, 5.41) is 12.2. The van der Waals surface area contributed by atoms with Crippen LogP contribution in [0.3, 0.4) is 0 Å². The van der Waals surface area contributed by atoms with Crippen LogP contribution in [-0.2, 0) is 17.6 Å². The number of benzene rings is 2. The van der Waals surface area contributed by atoms with E-state index in [4.69, 9.17) is 9.47 Å². The van der Waals surface area contributed by atoms with Crippen molar-refractivity contribution in [2.45, 2.75) is 32.2 Å². The van der Waals surface area contributed by atoms with Crippen LogP contribution in [0.4, 0.5) is 0 Å². The number of hydrogen-bond donors (Lipinski definition) is 2. The molecule has 0 radical (unpaired) electrons. The number of carbonyl (C=O) groups is 2. The SMILES string of the molecule is COc1ccc(CC(C)NC(=O)CCc2ccccc2C(=O)O)cc1OC. The zero-order valence-corrected chi connectivity index (χ0v) is 15.8. The average molecular weight is 371 g/mol. The Bertz CT molecular complexity index is 803. The lowest BCUT2D eigenvalue weighted by Gasteiger charge is -2.16. The Morgan fingerprint density at radius 1 is 1.07 bits per heavy atom. The van der Waals surface area contributed by atoms with Gasteiger partial charge in [0.05, 0.1) is 19.8 Å². The van der Waals surface area contributed by atoms with E-state index in [2.05, 4.69) is 5.32 Å². The van der Waals surface area contributed by atoms with Gasteiger partial charge in [0, 0.05) is 12.5 Å². The van der Waals surface area contributed by atoms with Gasteiger partial charge in [-0.1, -0.05) is 24.3 Å². The molecule has 144 valence electrons. The van der Waals surface area contributed by atoms with E-state index in [-0.39, 0.29) is 23.9 Å². The van der Waals surface area contributed by atoms with Crippen molar-refractivity contribution in [1.82, 2.24) is 5.32 Å². The summed E-state index contributed by atoms with van der Waals surface area (Å²) < 4.78 is 10.5. The molecule has 2 aromatic carbocycles. The van der Waals surface area contributed by atoms with E-state index in [0.717, 1.165) is 5.56 Å². The number of hydrogen-bond acceptors (Lipinski definition) is 4. The normalized spacial score (nSPS) is 11.5. The molecular weight excluding hydrogens is 346 g/mol. The first-order chi connectivity index (χ1) is 12.9. The Balaban J connectivity index is 1.90. The fraction of sp³-hybridized carbons (Fsp3) is 0.333. The number of aromatic carboxylic acids is 1. The van der Waals surface area contributed by atoms with Crippen molar-refractivity contribution < 1.29 is 24.2 Å². The molecule has 2 aromatic rings. The van der Waals surface area contributed by atoms with Crippen LogP contribution in [0, 0.1) is 0 Å². The van der Waals surface area contributed by atoms with Gasteiger partial charge in [0.1, 0.15) is 0 Å². The number of aryl methyl sites for hydroxylation is 1. The number of nitrogens with one attached hydrogen (secondary N) is 1. The second-order valence-electron chi connectivity index (χ2n) is 6.32. The van der Waals surface area contributed by atoms with Crippen LogP contribution in [0.1, 0.15) is 34.8 Å². The molecule has 27 heavy (non-hydrogen) atoms. The van der Waals surface area contributed by atoms with Crippen LogP contribution in [0.15, 0.2) is 42.5 Å². The van der Waals surface area contributed by atoms with Gasteiger partial charge in [-0.15, -0.1) is 0 Å².